The van der Waals surface area contributed by atoms with E-state index in [1.54, 1.807) is 6.92 Å². The molecule has 0 fully saturated rings. The highest BCUT2D eigenvalue weighted by Gasteiger charge is 2.34. The smallest absolute Gasteiger partial charge is 0.433 e. The summed E-state index contributed by atoms with van der Waals surface area (Å²) in [6.45, 7) is 3.08. The lowest BCUT2D eigenvalue weighted by Crippen LogP contribution is -2.11. The zero-order chi connectivity index (χ0) is 24.1. The molecule has 0 aliphatic heterocycles. The first-order valence-corrected chi connectivity index (χ1v) is 9.77. The molecule has 170 valence electrons. The number of pyridine rings is 1. The Bertz CT molecular complexity index is 1410. The maximum atomic E-state index is 14.0. The molecule has 33 heavy (non-hydrogen) atoms. The van der Waals surface area contributed by atoms with Gasteiger partial charge in [-0.2, -0.15) is 13.2 Å². The number of nitrogens with two attached hydrogens (primary N) is 1. The van der Waals surface area contributed by atoms with Gasteiger partial charge in [0.1, 0.15) is 11.5 Å². The van der Waals surface area contributed by atoms with E-state index in [4.69, 9.17) is 5.73 Å². The summed E-state index contributed by atoms with van der Waals surface area (Å²) in [4.78, 5) is 23.7. The minimum Gasteiger partial charge on any atom is -0.476 e. The average Bonchev–Trinajstić information content (AvgIpc) is 3.13. The van der Waals surface area contributed by atoms with Gasteiger partial charge in [-0.1, -0.05) is 19.1 Å². The van der Waals surface area contributed by atoms with E-state index in [1.807, 2.05) is 0 Å². The Hall–Kier alpha value is -4.02. The lowest BCUT2D eigenvalue weighted by atomic mass is 10.0. The van der Waals surface area contributed by atoms with Gasteiger partial charge in [-0.05, 0) is 37.6 Å². The summed E-state index contributed by atoms with van der Waals surface area (Å²) in [5.74, 6) is -2.06. The number of benzene rings is 1. The molecule has 4 rings (SSSR count). The number of alkyl halides is 3. The molecule has 3 heterocycles. The zero-order valence-corrected chi connectivity index (χ0v) is 17.4. The van der Waals surface area contributed by atoms with E-state index in [9.17, 15) is 27.5 Å². The molecule has 3 N–H and O–H groups in total. The van der Waals surface area contributed by atoms with Gasteiger partial charge in [0.05, 0.1) is 17.1 Å². The molecule has 4 aromatic rings. The maximum Gasteiger partial charge on any atom is 0.433 e. The van der Waals surface area contributed by atoms with Crippen LogP contribution >= 0.6 is 0 Å². The summed E-state index contributed by atoms with van der Waals surface area (Å²) in [6, 6.07) is 7.57. The van der Waals surface area contributed by atoms with Crippen LogP contribution in [0, 0.1) is 12.7 Å². The molecule has 0 saturated heterocycles. The number of hydrogen-bond donors (Lipinski definition) is 2. The van der Waals surface area contributed by atoms with Gasteiger partial charge < -0.3 is 10.8 Å². The summed E-state index contributed by atoms with van der Waals surface area (Å²) in [5.41, 5.74) is 5.36. The minimum atomic E-state index is -4.73. The van der Waals surface area contributed by atoms with Crippen LogP contribution in [0.15, 0.2) is 36.4 Å². The molecule has 7 nitrogen and oxygen atoms in total. The molecule has 0 bridgehead atoms. The number of hydrogen-bond acceptors (Lipinski definition) is 5. The molecular weight excluding hydrogens is 442 g/mol. The number of aryl methyl sites for hydroxylation is 2. The first kappa shape index (κ1) is 22.2. The standard InChI is InChI=1S/C22H17F4N5O2/c1-3-14-17(21(32)33)30-20-19(27)29-16(11-5-4-6-13(23)8-11)18(31(14)20)12-7-10(2)28-15(9-12)22(24,25)26/h4-9H,3H2,1-2H3,(H2,27,29)(H,32,33). The molecule has 0 radical (unpaired) electrons. The number of halogens is 4. The van der Waals surface area contributed by atoms with Crippen molar-refractivity contribution >= 4 is 17.4 Å². The van der Waals surface area contributed by atoms with Gasteiger partial charge in [0.25, 0.3) is 0 Å². The van der Waals surface area contributed by atoms with Crippen LogP contribution < -0.4 is 5.73 Å². The van der Waals surface area contributed by atoms with Gasteiger partial charge in [0, 0.05) is 16.8 Å². The molecule has 1 aromatic carbocycles. The summed E-state index contributed by atoms with van der Waals surface area (Å²) in [6.07, 6.45) is -4.55. The Morgan fingerprint density at radius 3 is 2.45 bits per heavy atom. The molecule has 3 aromatic heterocycles. The van der Waals surface area contributed by atoms with Crippen molar-refractivity contribution in [3.8, 4) is 22.5 Å². The Balaban J connectivity index is 2.22. The van der Waals surface area contributed by atoms with Crippen LogP contribution in [-0.2, 0) is 12.6 Å². The largest absolute Gasteiger partial charge is 0.476 e. The fourth-order valence-electron chi connectivity index (χ4n) is 3.75. The van der Waals surface area contributed by atoms with Crippen LogP contribution in [0.5, 0.6) is 0 Å². The van der Waals surface area contributed by atoms with E-state index >= 15 is 0 Å². The second kappa shape index (κ2) is 7.84. The summed E-state index contributed by atoms with van der Waals surface area (Å²) >= 11 is 0. The van der Waals surface area contributed by atoms with E-state index < -0.39 is 23.7 Å². The van der Waals surface area contributed by atoms with Crippen LogP contribution in [0.2, 0.25) is 0 Å². The summed E-state index contributed by atoms with van der Waals surface area (Å²) in [7, 11) is 0. The molecule has 0 atom stereocenters. The highest BCUT2D eigenvalue weighted by Crippen LogP contribution is 2.38. The number of aromatic carboxylic acids is 1. The van der Waals surface area contributed by atoms with Gasteiger partial charge in [0.15, 0.2) is 17.2 Å². The Morgan fingerprint density at radius 1 is 1.12 bits per heavy atom. The molecule has 0 unspecified atom stereocenters. The van der Waals surface area contributed by atoms with E-state index in [1.165, 1.54) is 35.6 Å². The quantitative estimate of drug-likeness (QED) is 0.426. The van der Waals surface area contributed by atoms with E-state index in [0.29, 0.717) is 0 Å². The van der Waals surface area contributed by atoms with Gasteiger partial charge >= 0.3 is 12.1 Å². The van der Waals surface area contributed by atoms with E-state index in [0.717, 1.165) is 12.1 Å². The van der Waals surface area contributed by atoms with Crippen LogP contribution in [0.4, 0.5) is 23.4 Å². The highest BCUT2D eigenvalue weighted by molar-refractivity contribution is 5.91. The summed E-state index contributed by atoms with van der Waals surface area (Å²) in [5, 5.41) is 9.62. The predicted molar refractivity (Wildman–Crippen MR) is 112 cm³/mol. The average molecular weight is 459 g/mol. The molecule has 11 heteroatoms. The lowest BCUT2D eigenvalue weighted by Gasteiger charge is -2.17. The van der Waals surface area contributed by atoms with Gasteiger partial charge in [0.2, 0.25) is 0 Å². The van der Waals surface area contributed by atoms with E-state index in [2.05, 4.69) is 15.0 Å². The number of carboxylic acid groups (broad SMARTS) is 1. The topological polar surface area (TPSA) is 106 Å². The fraction of sp³-hybridized carbons (Fsp3) is 0.182. The Labute approximate surface area is 184 Å². The number of aromatic nitrogens is 4. The zero-order valence-electron chi connectivity index (χ0n) is 17.4. The normalized spacial score (nSPS) is 11.8. The van der Waals surface area contributed by atoms with Crippen LogP contribution in [0.1, 0.15) is 34.5 Å². The molecular formula is C22H17F4N5O2. The van der Waals surface area contributed by atoms with Gasteiger partial charge in [-0.15, -0.1) is 0 Å². The predicted octanol–water partition coefficient (Wildman–Crippen LogP) is 4.77. The van der Waals surface area contributed by atoms with Crippen LogP contribution in [0.25, 0.3) is 28.2 Å². The van der Waals surface area contributed by atoms with Crippen molar-refractivity contribution < 1.29 is 27.5 Å². The van der Waals surface area contributed by atoms with Crippen molar-refractivity contribution in [2.24, 2.45) is 0 Å². The first-order chi connectivity index (χ1) is 15.5. The molecule has 0 aliphatic rings. The SMILES string of the molecule is CCc1c(C(=O)O)nc2c(N)nc(-c3cccc(F)c3)c(-c3cc(C)nc(C(F)(F)F)c3)n12. The van der Waals surface area contributed by atoms with Gasteiger partial charge in [-0.25, -0.2) is 24.1 Å². The van der Waals surface area contributed by atoms with E-state index in [-0.39, 0.29) is 57.5 Å². The highest BCUT2D eigenvalue weighted by atomic mass is 19.4. The number of nitrogen functional groups attached to an aromatic ring is 1. The Morgan fingerprint density at radius 2 is 1.85 bits per heavy atom. The number of fused-ring (bicyclic) bond motifs is 1. The third kappa shape index (κ3) is 3.86. The Kier molecular flexibility index (Phi) is 5.27. The second-order valence-corrected chi connectivity index (χ2v) is 7.31. The van der Waals surface area contributed by atoms with Gasteiger partial charge in [-0.3, -0.25) is 4.40 Å². The number of carbonyl (C=O) groups is 1. The number of rotatable bonds is 4. The molecule has 0 amide bonds. The second-order valence-electron chi connectivity index (χ2n) is 7.31. The fourth-order valence-corrected chi connectivity index (χ4v) is 3.75. The third-order valence-electron chi connectivity index (χ3n) is 5.03. The monoisotopic (exact) mass is 459 g/mol. The van der Waals surface area contributed by atoms with Crippen molar-refractivity contribution in [1.29, 1.82) is 0 Å². The van der Waals surface area contributed by atoms with Crippen molar-refractivity contribution in [1.82, 2.24) is 19.4 Å². The number of nitrogens with zero attached hydrogens (tertiary/aromatic N) is 4. The third-order valence-corrected chi connectivity index (χ3v) is 5.03. The van der Waals surface area contributed by atoms with Crippen molar-refractivity contribution in [2.75, 3.05) is 5.73 Å². The summed E-state index contributed by atoms with van der Waals surface area (Å²) < 4.78 is 56.0. The van der Waals surface area contributed by atoms with Crippen molar-refractivity contribution in [3.05, 3.63) is 65.0 Å². The molecule has 0 aliphatic carbocycles. The van der Waals surface area contributed by atoms with Crippen molar-refractivity contribution in [3.63, 3.8) is 0 Å². The maximum absolute atomic E-state index is 14.0. The first-order valence-electron chi connectivity index (χ1n) is 9.77. The molecule has 0 saturated carbocycles. The van der Waals surface area contributed by atoms with Crippen LogP contribution in [0.3, 0.4) is 0 Å². The molecule has 0 spiro atoms. The number of anilines is 1. The minimum absolute atomic E-state index is 0.0255. The van der Waals surface area contributed by atoms with Crippen LogP contribution in [-0.4, -0.2) is 30.4 Å². The van der Waals surface area contributed by atoms with Crippen molar-refractivity contribution in [2.45, 2.75) is 26.4 Å². The lowest BCUT2D eigenvalue weighted by molar-refractivity contribution is -0.141. The number of carboxylic acids is 1. The number of imidazole rings is 1.